The molecule has 3 unspecified atom stereocenters. The zero-order valence-corrected chi connectivity index (χ0v) is 16.3. The van der Waals surface area contributed by atoms with E-state index in [0.717, 1.165) is 6.42 Å². The number of hydrogen-bond donors (Lipinski definition) is 0. The first-order valence-corrected chi connectivity index (χ1v) is 8.80. The molecule has 3 nitrogen and oxygen atoms in total. The average Bonchev–Trinajstić information content (AvgIpc) is 2.64. The molecule has 0 aromatic rings. The van der Waals surface area contributed by atoms with Gasteiger partial charge in [0, 0.05) is 11.1 Å². The van der Waals surface area contributed by atoms with E-state index in [0.29, 0.717) is 0 Å². The van der Waals surface area contributed by atoms with Gasteiger partial charge in [-0.2, -0.15) is 0 Å². The van der Waals surface area contributed by atoms with E-state index in [4.69, 9.17) is 4.74 Å². The van der Waals surface area contributed by atoms with Crippen LogP contribution in [0, 0.1) is 17.8 Å². The van der Waals surface area contributed by atoms with Gasteiger partial charge in [-0.1, -0.05) is 19.9 Å². The average molecular weight is 319 g/mol. The van der Waals surface area contributed by atoms with E-state index in [1.54, 1.807) is 0 Å². The minimum absolute atomic E-state index is 0.0244. The third kappa shape index (κ3) is 2.31. The van der Waals surface area contributed by atoms with Crippen LogP contribution < -0.4 is 0 Å². The lowest BCUT2D eigenvalue weighted by atomic mass is 9.62. The predicted octanol–water partition coefficient (Wildman–Crippen LogP) is 4.20. The summed E-state index contributed by atoms with van der Waals surface area (Å²) in [5, 5.41) is 0. The summed E-state index contributed by atoms with van der Waals surface area (Å²) in [6.45, 7) is 15.7. The minimum Gasteiger partial charge on any atom is -0.469 e. The van der Waals surface area contributed by atoms with Crippen LogP contribution in [-0.2, 0) is 9.53 Å². The second-order valence-electron chi connectivity index (χ2n) is 8.06. The Morgan fingerprint density at radius 2 is 1.83 bits per heavy atom. The van der Waals surface area contributed by atoms with Crippen molar-refractivity contribution in [3.05, 3.63) is 22.8 Å². The predicted molar refractivity (Wildman–Crippen MR) is 95.2 cm³/mol. The fourth-order valence-corrected chi connectivity index (χ4v) is 5.15. The van der Waals surface area contributed by atoms with E-state index in [-0.39, 0.29) is 34.8 Å². The Morgan fingerprint density at radius 1 is 1.26 bits per heavy atom. The van der Waals surface area contributed by atoms with Crippen LogP contribution in [0.5, 0.6) is 0 Å². The molecule has 23 heavy (non-hydrogen) atoms. The molecular formula is C20H33NO2. The number of carbonyl (C=O) groups excluding carboxylic acids is 1. The molecular weight excluding hydrogens is 286 g/mol. The van der Waals surface area contributed by atoms with E-state index >= 15 is 0 Å². The molecule has 2 rings (SSSR count). The number of nitrogens with zero attached hydrogens (tertiary/aromatic N) is 1. The second-order valence-corrected chi connectivity index (χ2v) is 8.06. The number of allylic oxidation sites excluding steroid dienone is 1. The Hall–Kier alpha value is -1.09. The molecule has 3 atom stereocenters. The van der Waals surface area contributed by atoms with E-state index in [1.165, 1.54) is 23.8 Å². The summed E-state index contributed by atoms with van der Waals surface area (Å²) in [5.41, 5.74) is 4.13. The fraction of sp³-hybridized carbons (Fsp3) is 0.750. The summed E-state index contributed by atoms with van der Waals surface area (Å²) in [7, 11) is 3.72. The molecule has 0 N–H and O–H groups in total. The minimum atomic E-state index is -0.0866. The molecule has 0 radical (unpaired) electrons. The van der Waals surface area contributed by atoms with Crippen molar-refractivity contribution in [2.75, 3.05) is 14.2 Å². The van der Waals surface area contributed by atoms with Gasteiger partial charge in [0.1, 0.15) is 0 Å². The van der Waals surface area contributed by atoms with Crippen molar-refractivity contribution in [1.82, 2.24) is 4.90 Å². The third-order valence-electron chi connectivity index (χ3n) is 6.56. The quantitative estimate of drug-likeness (QED) is 0.715. The largest absolute Gasteiger partial charge is 0.469 e. The van der Waals surface area contributed by atoms with Gasteiger partial charge in [-0.05, 0) is 76.6 Å². The fourth-order valence-electron chi connectivity index (χ4n) is 5.15. The van der Waals surface area contributed by atoms with Gasteiger partial charge in [0.25, 0.3) is 0 Å². The maximum atomic E-state index is 12.6. The van der Waals surface area contributed by atoms with Gasteiger partial charge in [0.05, 0.1) is 13.0 Å². The number of methoxy groups -OCH3 is 1. The number of rotatable bonds is 2. The zero-order chi connectivity index (χ0) is 17.7. The Balaban J connectivity index is 2.78. The van der Waals surface area contributed by atoms with Crippen molar-refractivity contribution in [2.45, 2.75) is 66.0 Å². The Morgan fingerprint density at radius 3 is 2.26 bits per heavy atom. The number of carbonyl (C=O) groups is 1. The highest BCUT2D eigenvalue weighted by molar-refractivity contribution is 5.76. The smallest absolute Gasteiger partial charge is 0.309 e. The number of hydrogen-bond acceptors (Lipinski definition) is 3. The molecule has 0 bridgehead atoms. The molecule has 3 heteroatoms. The van der Waals surface area contributed by atoms with Gasteiger partial charge in [-0.25, -0.2) is 0 Å². The van der Waals surface area contributed by atoms with Crippen molar-refractivity contribution in [3.8, 4) is 0 Å². The topological polar surface area (TPSA) is 29.5 Å². The van der Waals surface area contributed by atoms with Crippen molar-refractivity contribution < 1.29 is 9.53 Å². The van der Waals surface area contributed by atoms with Crippen molar-refractivity contribution in [3.63, 3.8) is 0 Å². The number of esters is 1. The second kappa shape index (κ2) is 5.77. The molecule has 1 aliphatic carbocycles. The van der Waals surface area contributed by atoms with Gasteiger partial charge in [0.2, 0.25) is 0 Å². The lowest BCUT2D eigenvalue weighted by Gasteiger charge is -2.42. The first kappa shape index (κ1) is 18.3. The monoisotopic (exact) mass is 319 g/mol. The summed E-state index contributed by atoms with van der Waals surface area (Å²) < 4.78 is 5.18. The maximum absolute atomic E-state index is 12.6. The first-order chi connectivity index (χ1) is 10.6. The third-order valence-corrected chi connectivity index (χ3v) is 6.56. The number of likely N-dealkylation sites (N-methyl/N-ethyl adjacent to an activating group) is 1. The molecule has 0 aromatic heterocycles. The van der Waals surface area contributed by atoms with Gasteiger partial charge >= 0.3 is 5.97 Å². The van der Waals surface area contributed by atoms with Crippen LogP contribution in [0.2, 0.25) is 0 Å². The summed E-state index contributed by atoms with van der Waals surface area (Å²) in [6.07, 6.45) is 3.17. The normalized spacial score (nSPS) is 34.7. The standard InChI is InChI=1S/C20H33NO2/c1-10-13-12(3)15(18(22)23-9)14(11-2)17-16(13)19(4,5)21(8)20(17,6)7/h10,12,14-15H,11H2,1-9H3/b13-10-. The Labute approximate surface area is 141 Å². The van der Waals surface area contributed by atoms with Gasteiger partial charge in [-0.15, -0.1) is 0 Å². The SMILES string of the molecule is C/C=C1\C2=C(C(CC)C(C(=O)OC)C1C)C(C)(C)N(C)C2(C)C. The summed E-state index contributed by atoms with van der Waals surface area (Å²) in [5.74, 6) is 0.281. The van der Waals surface area contributed by atoms with E-state index in [1.807, 2.05) is 0 Å². The zero-order valence-electron chi connectivity index (χ0n) is 16.3. The molecule has 0 spiro atoms. The Bertz CT molecular complexity index is 568. The van der Waals surface area contributed by atoms with Crippen molar-refractivity contribution in [1.29, 1.82) is 0 Å². The lowest BCUT2D eigenvalue weighted by Crippen LogP contribution is -2.48. The van der Waals surface area contributed by atoms with Crippen molar-refractivity contribution >= 4 is 5.97 Å². The van der Waals surface area contributed by atoms with Gasteiger partial charge in [0.15, 0.2) is 0 Å². The van der Waals surface area contributed by atoms with Crippen LogP contribution in [0.15, 0.2) is 22.8 Å². The van der Waals surface area contributed by atoms with Gasteiger partial charge in [-0.3, -0.25) is 9.69 Å². The summed E-state index contributed by atoms with van der Waals surface area (Å²) in [6, 6.07) is 0. The molecule has 1 aliphatic heterocycles. The Kier molecular flexibility index (Phi) is 4.58. The summed E-state index contributed by atoms with van der Waals surface area (Å²) in [4.78, 5) is 15.0. The summed E-state index contributed by atoms with van der Waals surface area (Å²) >= 11 is 0. The molecule has 130 valence electrons. The van der Waals surface area contributed by atoms with Crippen molar-refractivity contribution in [2.24, 2.45) is 17.8 Å². The lowest BCUT2D eigenvalue weighted by molar-refractivity contribution is -0.148. The van der Waals surface area contributed by atoms with Crippen LogP contribution in [0.25, 0.3) is 0 Å². The molecule has 2 aliphatic rings. The first-order valence-electron chi connectivity index (χ1n) is 8.80. The molecule has 0 aromatic carbocycles. The molecule has 0 fully saturated rings. The molecule has 0 saturated heterocycles. The van der Waals surface area contributed by atoms with Crippen LogP contribution >= 0.6 is 0 Å². The van der Waals surface area contributed by atoms with Crippen LogP contribution in [-0.4, -0.2) is 36.1 Å². The highest BCUT2D eigenvalue weighted by Crippen LogP contribution is 2.57. The van der Waals surface area contributed by atoms with E-state index < -0.39 is 0 Å². The molecule has 0 amide bonds. The highest BCUT2D eigenvalue weighted by atomic mass is 16.5. The van der Waals surface area contributed by atoms with E-state index in [9.17, 15) is 4.79 Å². The number of ether oxygens (including phenoxy) is 1. The molecule has 0 saturated carbocycles. The van der Waals surface area contributed by atoms with Crippen LogP contribution in [0.1, 0.15) is 54.9 Å². The maximum Gasteiger partial charge on any atom is 0.309 e. The van der Waals surface area contributed by atoms with E-state index in [2.05, 4.69) is 66.5 Å². The van der Waals surface area contributed by atoms with Crippen LogP contribution in [0.4, 0.5) is 0 Å². The van der Waals surface area contributed by atoms with Gasteiger partial charge < -0.3 is 4.74 Å². The molecule has 1 heterocycles. The highest BCUT2D eigenvalue weighted by Gasteiger charge is 2.57. The van der Waals surface area contributed by atoms with Crippen LogP contribution in [0.3, 0.4) is 0 Å².